The van der Waals surface area contributed by atoms with Crippen LogP contribution in [-0.2, 0) is 6.61 Å². The first-order chi connectivity index (χ1) is 11.8. The summed E-state index contributed by atoms with van der Waals surface area (Å²) in [7, 11) is 0. The number of imidazole rings is 1. The second-order valence-electron chi connectivity index (χ2n) is 5.88. The number of aromatic amines is 1. The van der Waals surface area contributed by atoms with Gasteiger partial charge in [-0.1, -0.05) is 48.5 Å². The Kier molecular flexibility index (Phi) is 3.75. The predicted molar refractivity (Wildman–Crippen MR) is 97.0 cm³/mol. The number of aromatic nitrogens is 2. The molecule has 24 heavy (non-hydrogen) atoms. The van der Waals surface area contributed by atoms with Crippen molar-refractivity contribution in [3.8, 4) is 17.1 Å². The molecule has 118 valence electrons. The van der Waals surface area contributed by atoms with Crippen LogP contribution in [0.5, 0.6) is 5.75 Å². The van der Waals surface area contributed by atoms with Gasteiger partial charge >= 0.3 is 0 Å². The second-order valence-corrected chi connectivity index (χ2v) is 5.88. The van der Waals surface area contributed by atoms with Crippen LogP contribution in [-0.4, -0.2) is 9.97 Å². The Balaban J connectivity index is 1.70. The molecule has 0 fully saturated rings. The van der Waals surface area contributed by atoms with Crippen LogP contribution in [0.2, 0.25) is 0 Å². The Morgan fingerprint density at radius 3 is 2.54 bits per heavy atom. The molecule has 0 amide bonds. The zero-order valence-electron chi connectivity index (χ0n) is 13.5. The third kappa shape index (κ3) is 2.88. The molecule has 0 unspecified atom stereocenters. The molecule has 0 aliphatic heterocycles. The van der Waals surface area contributed by atoms with Crippen molar-refractivity contribution in [1.82, 2.24) is 9.97 Å². The quantitative estimate of drug-likeness (QED) is 0.568. The second kappa shape index (κ2) is 6.20. The van der Waals surface area contributed by atoms with Crippen LogP contribution >= 0.6 is 0 Å². The highest BCUT2D eigenvalue weighted by Gasteiger charge is 2.11. The van der Waals surface area contributed by atoms with E-state index in [4.69, 9.17) is 9.72 Å². The fourth-order valence-corrected chi connectivity index (χ4v) is 2.76. The Bertz CT molecular complexity index is 940. The lowest BCUT2D eigenvalue weighted by atomic mass is 10.1. The fourth-order valence-electron chi connectivity index (χ4n) is 2.76. The molecule has 0 aliphatic rings. The number of nitrogens with zero attached hydrogens (tertiary/aromatic N) is 1. The summed E-state index contributed by atoms with van der Waals surface area (Å²) in [6.45, 7) is 2.61. The number of hydrogen-bond donors (Lipinski definition) is 1. The molecule has 0 aliphatic carbocycles. The van der Waals surface area contributed by atoms with Crippen LogP contribution in [0.15, 0.2) is 72.8 Å². The van der Waals surface area contributed by atoms with E-state index in [9.17, 15) is 0 Å². The standard InChI is InChI=1S/C21H18N2O/c1-15-11-12-17(21-22-18-9-5-6-10-19(18)23-21)20(13-15)24-14-16-7-3-2-4-8-16/h2-13H,14H2,1H3,(H,22,23). The highest BCUT2D eigenvalue weighted by Crippen LogP contribution is 2.31. The number of aryl methyl sites for hydroxylation is 1. The van der Waals surface area contributed by atoms with Gasteiger partial charge in [-0.15, -0.1) is 0 Å². The molecule has 1 N–H and O–H groups in total. The number of hydrogen-bond acceptors (Lipinski definition) is 2. The summed E-state index contributed by atoms with van der Waals surface area (Å²) >= 11 is 0. The van der Waals surface area contributed by atoms with Gasteiger partial charge in [-0.3, -0.25) is 0 Å². The van der Waals surface area contributed by atoms with Gasteiger partial charge in [0, 0.05) is 0 Å². The van der Waals surface area contributed by atoms with Gasteiger partial charge < -0.3 is 9.72 Å². The van der Waals surface area contributed by atoms with E-state index in [1.165, 1.54) is 0 Å². The van der Waals surface area contributed by atoms with Gasteiger partial charge in [-0.2, -0.15) is 0 Å². The highest BCUT2D eigenvalue weighted by atomic mass is 16.5. The molecular formula is C21H18N2O. The summed E-state index contributed by atoms with van der Waals surface area (Å²) < 4.78 is 6.09. The van der Waals surface area contributed by atoms with E-state index in [1.54, 1.807) is 0 Å². The Morgan fingerprint density at radius 2 is 1.71 bits per heavy atom. The fraction of sp³-hybridized carbons (Fsp3) is 0.0952. The van der Waals surface area contributed by atoms with E-state index in [0.29, 0.717) is 6.61 Å². The summed E-state index contributed by atoms with van der Waals surface area (Å²) in [5, 5.41) is 0. The number of ether oxygens (including phenoxy) is 1. The van der Waals surface area contributed by atoms with Crippen LogP contribution < -0.4 is 4.74 Å². The summed E-state index contributed by atoms with van der Waals surface area (Å²) in [5.74, 6) is 1.68. The average molecular weight is 314 g/mol. The minimum absolute atomic E-state index is 0.539. The molecule has 0 radical (unpaired) electrons. The maximum atomic E-state index is 6.09. The van der Waals surface area contributed by atoms with Gasteiger partial charge in [-0.05, 0) is 42.3 Å². The van der Waals surface area contributed by atoms with Gasteiger partial charge in [-0.25, -0.2) is 4.98 Å². The van der Waals surface area contributed by atoms with Crippen molar-refractivity contribution in [2.45, 2.75) is 13.5 Å². The van der Waals surface area contributed by atoms with Crippen molar-refractivity contribution in [2.24, 2.45) is 0 Å². The molecule has 3 nitrogen and oxygen atoms in total. The first kappa shape index (κ1) is 14.5. The van der Waals surface area contributed by atoms with Crippen molar-refractivity contribution in [1.29, 1.82) is 0 Å². The Labute approximate surface area is 140 Å². The molecule has 4 aromatic rings. The zero-order chi connectivity index (χ0) is 16.4. The lowest BCUT2D eigenvalue weighted by Gasteiger charge is -2.11. The first-order valence-electron chi connectivity index (χ1n) is 8.02. The highest BCUT2D eigenvalue weighted by molar-refractivity contribution is 5.80. The Hall–Kier alpha value is -3.07. The van der Waals surface area contributed by atoms with Crippen molar-refractivity contribution >= 4 is 11.0 Å². The number of H-pyrrole nitrogens is 1. The van der Waals surface area contributed by atoms with E-state index in [-0.39, 0.29) is 0 Å². The molecule has 3 heteroatoms. The van der Waals surface area contributed by atoms with Crippen molar-refractivity contribution in [3.63, 3.8) is 0 Å². The largest absolute Gasteiger partial charge is 0.488 e. The zero-order valence-corrected chi connectivity index (χ0v) is 13.5. The third-order valence-corrected chi connectivity index (χ3v) is 4.02. The van der Waals surface area contributed by atoms with Gasteiger partial charge in [0.05, 0.1) is 16.6 Å². The summed E-state index contributed by atoms with van der Waals surface area (Å²) in [6.07, 6.45) is 0. The molecule has 0 saturated heterocycles. The van der Waals surface area contributed by atoms with E-state index in [1.807, 2.05) is 42.5 Å². The lowest BCUT2D eigenvalue weighted by Crippen LogP contribution is -1.98. The van der Waals surface area contributed by atoms with Gasteiger partial charge in [0.15, 0.2) is 0 Å². The van der Waals surface area contributed by atoms with Crippen LogP contribution in [0.4, 0.5) is 0 Å². The van der Waals surface area contributed by atoms with Crippen molar-refractivity contribution < 1.29 is 4.74 Å². The maximum Gasteiger partial charge on any atom is 0.142 e. The van der Waals surface area contributed by atoms with Gasteiger partial charge in [0.2, 0.25) is 0 Å². The predicted octanol–water partition coefficient (Wildman–Crippen LogP) is 5.12. The topological polar surface area (TPSA) is 37.9 Å². The van der Waals surface area contributed by atoms with Crippen molar-refractivity contribution in [3.05, 3.63) is 83.9 Å². The maximum absolute atomic E-state index is 6.09. The van der Waals surface area contributed by atoms with Crippen LogP contribution in [0, 0.1) is 6.92 Å². The number of rotatable bonds is 4. The van der Waals surface area contributed by atoms with E-state index in [2.05, 4.69) is 42.2 Å². The smallest absolute Gasteiger partial charge is 0.142 e. The number of para-hydroxylation sites is 2. The monoisotopic (exact) mass is 314 g/mol. The molecule has 3 aromatic carbocycles. The number of nitrogens with one attached hydrogen (secondary N) is 1. The van der Waals surface area contributed by atoms with Crippen LogP contribution in [0.1, 0.15) is 11.1 Å². The molecule has 4 rings (SSSR count). The summed E-state index contributed by atoms with van der Waals surface area (Å²) in [5.41, 5.74) is 5.28. The first-order valence-corrected chi connectivity index (χ1v) is 8.02. The molecule has 0 bridgehead atoms. The van der Waals surface area contributed by atoms with Crippen LogP contribution in [0.3, 0.4) is 0 Å². The number of benzene rings is 3. The minimum atomic E-state index is 0.539. The summed E-state index contributed by atoms with van der Waals surface area (Å²) in [4.78, 5) is 8.07. The average Bonchev–Trinajstić information content (AvgIpc) is 3.05. The number of fused-ring (bicyclic) bond motifs is 1. The molecular weight excluding hydrogens is 296 g/mol. The normalized spacial score (nSPS) is 10.9. The molecule has 1 heterocycles. The lowest BCUT2D eigenvalue weighted by molar-refractivity contribution is 0.307. The molecule has 1 aromatic heterocycles. The van der Waals surface area contributed by atoms with Crippen molar-refractivity contribution in [2.75, 3.05) is 0 Å². The minimum Gasteiger partial charge on any atom is -0.488 e. The SMILES string of the molecule is Cc1ccc(-c2nc3ccccc3[nH]2)c(OCc2ccccc2)c1. The molecule has 0 atom stereocenters. The van der Waals surface area contributed by atoms with E-state index in [0.717, 1.165) is 39.3 Å². The van der Waals surface area contributed by atoms with E-state index >= 15 is 0 Å². The third-order valence-electron chi connectivity index (χ3n) is 4.02. The Morgan fingerprint density at radius 1 is 0.917 bits per heavy atom. The van der Waals surface area contributed by atoms with Gasteiger partial charge in [0.25, 0.3) is 0 Å². The molecule has 0 saturated carbocycles. The van der Waals surface area contributed by atoms with Gasteiger partial charge in [0.1, 0.15) is 18.2 Å². The van der Waals surface area contributed by atoms with Crippen LogP contribution in [0.25, 0.3) is 22.4 Å². The van der Waals surface area contributed by atoms with E-state index < -0.39 is 0 Å². The summed E-state index contributed by atoms with van der Waals surface area (Å²) in [6, 6.07) is 24.4. The molecule has 0 spiro atoms.